The number of carbonyl (C=O) groups is 1. The Morgan fingerprint density at radius 2 is 1.94 bits per heavy atom. The van der Waals surface area contributed by atoms with Crippen molar-refractivity contribution >= 4 is 27.3 Å². The number of rotatable bonds is 10. The minimum Gasteiger partial charge on any atom is -0.405 e. The third kappa shape index (κ3) is 7.64. The number of aromatic nitrogens is 1. The van der Waals surface area contributed by atoms with Gasteiger partial charge in [-0.1, -0.05) is 19.3 Å². The summed E-state index contributed by atoms with van der Waals surface area (Å²) in [7, 11) is -4.09. The van der Waals surface area contributed by atoms with Crippen LogP contribution in [0.15, 0.2) is 23.1 Å². The van der Waals surface area contributed by atoms with Crippen LogP contribution in [-0.2, 0) is 16.4 Å². The zero-order chi connectivity index (χ0) is 26.9. The van der Waals surface area contributed by atoms with Gasteiger partial charge in [-0.25, -0.2) is 18.1 Å². The van der Waals surface area contributed by atoms with Crippen LogP contribution in [0.25, 0.3) is 10.4 Å². The molecular formula is C23H30F3N3O5S2. The maximum atomic E-state index is 13.3. The number of hydrogen-bond acceptors (Lipinski definition) is 7. The number of carbonyl (C=O) groups excluding carboxylic acids is 1. The molecule has 1 amide bonds. The number of ether oxygens (including phenoxy) is 1. The van der Waals surface area contributed by atoms with Crippen molar-refractivity contribution in [1.29, 1.82) is 0 Å². The van der Waals surface area contributed by atoms with Crippen LogP contribution in [0.1, 0.15) is 62.5 Å². The number of benzene rings is 1. The van der Waals surface area contributed by atoms with Crippen molar-refractivity contribution in [3.8, 4) is 16.2 Å². The van der Waals surface area contributed by atoms with Crippen LogP contribution in [0.2, 0.25) is 0 Å². The van der Waals surface area contributed by atoms with Crippen LogP contribution in [-0.4, -0.2) is 49.0 Å². The summed E-state index contributed by atoms with van der Waals surface area (Å²) in [5.74, 6) is -0.974. The third-order valence-corrected chi connectivity index (χ3v) is 8.19. The molecule has 1 aromatic heterocycles. The molecule has 200 valence electrons. The molecular weight excluding hydrogens is 519 g/mol. The molecule has 1 heterocycles. The SMILES string of the molecule is CC(C)NS(=O)(=O)c1ccc(-c2sc(C(=O)NCC(C)(C)O)nc2CC2CCC2)c(OC(F)(F)F)c1. The van der Waals surface area contributed by atoms with E-state index in [-0.39, 0.29) is 22.0 Å². The van der Waals surface area contributed by atoms with Crippen molar-refractivity contribution in [1.82, 2.24) is 15.0 Å². The Balaban J connectivity index is 2.08. The molecule has 1 aliphatic carbocycles. The molecule has 0 atom stereocenters. The zero-order valence-electron chi connectivity index (χ0n) is 20.4. The lowest BCUT2D eigenvalue weighted by molar-refractivity contribution is -0.274. The second-order valence-corrected chi connectivity index (χ2v) is 12.5. The largest absolute Gasteiger partial charge is 0.573 e. The number of alkyl halides is 3. The summed E-state index contributed by atoms with van der Waals surface area (Å²) >= 11 is 0.895. The van der Waals surface area contributed by atoms with Gasteiger partial charge in [-0.15, -0.1) is 24.5 Å². The van der Waals surface area contributed by atoms with Crippen molar-refractivity contribution in [2.24, 2.45) is 5.92 Å². The topological polar surface area (TPSA) is 118 Å². The van der Waals surface area contributed by atoms with Crippen LogP contribution in [0.3, 0.4) is 0 Å². The van der Waals surface area contributed by atoms with Gasteiger partial charge in [-0.2, -0.15) is 0 Å². The molecule has 13 heteroatoms. The number of amides is 1. The van der Waals surface area contributed by atoms with Gasteiger partial charge >= 0.3 is 6.36 Å². The molecule has 1 saturated carbocycles. The minimum absolute atomic E-state index is 0.0100. The number of thiazole rings is 1. The Morgan fingerprint density at radius 3 is 2.47 bits per heavy atom. The molecule has 1 aliphatic rings. The summed E-state index contributed by atoms with van der Waals surface area (Å²) in [5, 5.41) is 12.5. The van der Waals surface area contributed by atoms with E-state index in [1.807, 2.05) is 0 Å². The average molecular weight is 550 g/mol. The van der Waals surface area contributed by atoms with E-state index in [9.17, 15) is 31.5 Å². The first-order valence-corrected chi connectivity index (χ1v) is 13.8. The van der Waals surface area contributed by atoms with Crippen molar-refractivity contribution in [2.45, 2.75) is 76.3 Å². The van der Waals surface area contributed by atoms with Gasteiger partial charge < -0.3 is 15.2 Å². The molecule has 36 heavy (non-hydrogen) atoms. The maximum absolute atomic E-state index is 13.3. The Labute approximate surface area is 212 Å². The van der Waals surface area contributed by atoms with Crippen molar-refractivity contribution in [3.05, 3.63) is 28.9 Å². The highest BCUT2D eigenvalue weighted by Gasteiger charge is 2.34. The Bertz CT molecular complexity index is 1200. The van der Waals surface area contributed by atoms with Gasteiger partial charge in [0.05, 0.1) is 21.1 Å². The minimum atomic E-state index is -5.08. The van der Waals surface area contributed by atoms with Crippen molar-refractivity contribution in [3.63, 3.8) is 0 Å². The maximum Gasteiger partial charge on any atom is 0.573 e. The summed E-state index contributed by atoms with van der Waals surface area (Å²) in [6.45, 7) is 6.18. The van der Waals surface area contributed by atoms with Gasteiger partial charge in [0.25, 0.3) is 5.91 Å². The second kappa shape index (κ2) is 10.6. The molecule has 0 aliphatic heterocycles. The van der Waals surface area contributed by atoms with Crippen LogP contribution < -0.4 is 14.8 Å². The molecule has 0 bridgehead atoms. The Kier molecular flexibility index (Phi) is 8.38. The molecule has 1 fully saturated rings. The molecule has 0 saturated heterocycles. The standard InChI is InChI=1S/C23H30F3N3O5S2/c1-13(2)29-36(32,33)15-8-9-16(18(11-15)34-23(24,25)26)19-17(10-14-6-5-7-14)28-21(35-19)20(30)27-12-22(3,4)31/h8-9,11,13-14,29,31H,5-7,10,12H2,1-4H3,(H,27,30). The first-order chi connectivity index (χ1) is 16.5. The van der Waals surface area contributed by atoms with E-state index in [4.69, 9.17) is 0 Å². The molecule has 2 aromatic rings. The number of nitrogens with zero attached hydrogens (tertiary/aromatic N) is 1. The van der Waals surface area contributed by atoms with Gasteiger partial charge in [-0.3, -0.25) is 4.79 Å². The highest BCUT2D eigenvalue weighted by Crippen LogP contribution is 2.42. The van der Waals surface area contributed by atoms with E-state index in [1.165, 1.54) is 26.0 Å². The fourth-order valence-corrected chi connectivity index (χ4v) is 5.89. The predicted octanol–water partition coefficient (Wildman–Crippen LogP) is 4.24. The van der Waals surface area contributed by atoms with E-state index in [1.54, 1.807) is 13.8 Å². The predicted molar refractivity (Wildman–Crippen MR) is 129 cm³/mol. The molecule has 3 rings (SSSR count). The third-order valence-electron chi connectivity index (χ3n) is 5.40. The number of aliphatic hydroxyl groups is 1. The first kappa shape index (κ1) is 28.4. The lowest BCUT2D eigenvalue weighted by Crippen LogP contribution is -2.38. The van der Waals surface area contributed by atoms with Gasteiger partial charge in [0.15, 0.2) is 5.01 Å². The van der Waals surface area contributed by atoms with Crippen molar-refractivity contribution < 1.29 is 36.2 Å². The Morgan fingerprint density at radius 1 is 1.28 bits per heavy atom. The summed E-state index contributed by atoms with van der Waals surface area (Å²) in [4.78, 5) is 17.0. The summed E-state index contributed by atoms with van der Waals surface area (Å²) in [6.07, 6.45) is -1.68. The van der Waals surface area contributed by atoms with Crippen LogP contribution in [0.4, 0.5) is 13.2 Å². The summed E-state index contributed by atoms with van der Waals surface area (Å²) in [5.41, 5.74) is -0.728. The lowest BCUT2D eigenvalue weighted by Gasteiger charge is -2.25. The number of hydrogen-bond donors (Lipinski definition) is 3. The average Bonchev–Trinajstić information content (AvgIpc) is 3.10. The molecule has 0 spiro atoms. The highest BCUT2D eigenvalue weighted by atomic mass is 32.2. The van der Waals surface area contributed by atoms with E-state index >= 15 is 0 Å². The quantitative estimate of drug-likeness (QED) is 0.408. The van der Waals surface area contributed by atoms with E-state index in [0.29, 0.717) is 22.9 Å². The molecule has 0 radical (unpaired) electrons. The molecule has 3 N–H and O–H groups in total. The van der Waals surface area contributed by atoms with Gasteiger partial charge in [0.1, 0.15) is 5.75 Å². The monoisotopic (exact) mass is 549 g/mol. The normalized spacial score (nSPS) is 15.1. The highest BCUT2D eigenvalue weighted by molar-refractivity contribution is 7.89. The zero-order valence-corrected chi connectivity index (χ0v) is 22.0. The Hall–Kier alpha value is -2.22. The fraction of sp³-hybridized carbons (Fsp3) is 0.565. The number of sulfonamides is 1. The lowest BCUT2D eigenvalue weighted by atomic mass is 9.82. The van der Waals surface area contributed by atoms with Gasteiger partial charge in [0, 0.05) is 24.2 Å². The molecule has 0 unspecified atom stereocenters. The van der Waals surface area contributed by atoms with Gasteiger partial charge in [0.2, 0.25) is 10.0 Å². The number of halogens is 3. The van der Waals surface area contributed by atoms with E-state index in [0.717, 1.165) is 36.7 Å². The fourth-order valence-electron chi connectivity index (χ4n) is 3.59. The first-order valence-electron chi connectivity index (χ1n) is 11.5. The molecule has 1 aromatic carbocycles. The molecule has 8 nitrogen and oxygen atoms in total. The van der Waals surface area contributed by atoms with Crippen molar-refractivity contribution in [2.75, 3.05) is 6.54 Å². The second-order valence-electron chi connectivity index (χ2n) is 9.77. The smallest absolute Gasteiger partial charge is 0.405 e. The summed E-state index contributed by atoms with van der Waals surface area (Å²) in [6, 6.07) is 2.80. The van der Waals surface area contributed by atoms with E-state index in [2.05, 4.69) is 19.8 Å². The summed E-state index contributed by atoms with van der Waals surface area (Å²) < 4.78 is 71.7. The van der Waals surface area contributed by atoms with Crippen LogP contribution in [0.5, 0.6) is 5.75 Å². The van der Waals surface area contributed by atoms with Crippen LogP contribution in [0, 0.1) is 5.92 Å². The number of nitrogens with one attached hydrogen (secondary N) is 2. The van der Waals surface area contributed by atoms with Crippen LogP contribution >= 0.6 is 11.3 Å². The van der Waals surface area contributed by atoms with E-state index < -0.39 is 39.7 Å². The van der Waals surface area contributed by atoms with Gasteiger partial charge in [-0.05, 0) is 52.2 Å².